The van der Waals surface area contributed by atoms with Crippen LogP contribution >= 0.6 is 12.4 Å². The number of rotatable bonds is 4. The molecule has 1 heterocycles. The molecule has 0 aliphatic carbocycles. The van der Waals surface area contributed by atoms with Crippen LogP contribution in [0.5, 0.6) is 0 Å². The van der Waals surface area contributed by atoms with Gasteiger partial charge in [-0.3, -0.25) is 4.79 Å². The van der Waals surface area contributed by atoms with Crippen molar-refractivity contribution in [2.45, 2.75) is 45.1 Å². The number of nitrogens with two attached hydrogens (primary N) is 1. The van der Waals surface area contributed by atoms with Crippen molar-refractivity contribution in [3.8, 4) is 0 Å². The Balaban J connectivity index is 0.00000242. The van der Waals surface area contributed by atoms with E-state index in [4.69, 9.17) is 5.73 Å². The molecule has 22 heavy (non-hydrogen) atoms. The van der Waals surface area contributed by atoms with Gasteiger partial charge in [0.1, 0.15) is 5.82 Å². The highest BCUT2D eigenvalue weighted by molar-refractivity contribution is 5.85. The van der Waals surface area contributed by atoms with Crippen LogP contribution in [-0.2, 0) is 4.79 Å². The number of benzene rings is 1. The first-order chi connectivity index (χ1) is 9.97. The van der Waals surface area contributed by atoms with Gasteiger partial charge in [-0.1, -0.05) is 19.1 Å². The highest BCUT2D eigenvalue weighted by Gasteiger charge is 2.25. The molecule has 2 unspecified atom stereocenters. The molecule has 0 aromatic heterocycles. The molecule has 1 amide bonds. The van der Waals surface area contributed by atoms with Crippen LogP contribution < -0.4 is 5.73 Å². The second kappa shape index (κ2) is 8.49. The van der Waals surface area contributed by atoms with Crippen molar-refractivity contribution in [3.63, 3.8) is 0 Å². The molecule has 1 aromatic carbocycles. The molecule has 124 valence electrons. The van der Waals surface area contributed by atoms with Gasteiger partial charge in [0.15, 0.2) is 0 Å². The third-order valence-corrected chi connectivity index (χ3v) is 4.53. The maximum atomic E-state index is 13.2. The average Bonchev–Trinajstić information content (AvgIpc) is 2.47. The van der Waals surface area contributed by atoms with Crippen LogP contribution in [0.2, 0.25) is 0 Å². The highest BCUT2D eigenvalue weighted by atomic mass is 35.5. The molecule has 1 fully saturated rings. The Morgan fingerprint density at radius 1 is 1.36 bits per heavy atom. The number of likely N-dealkylation sites (tertiary alicyclic amines) is 1. The number of carbonyl (C=O) groups excluding carboxylic acids is 1. The maximum absolute atomic E-state index is 13.2. The minimum Gasteiger partial charge on any atom is -0.343 e. The van der Waals surface area contributed by atoms with Crippen LogP contribution in [0.3, 0.4) is 0 Å². The predicted molar refractivity (Wildman–Crippen MR) is 89.6 cm³/mol. The summed E-state index contributed by atoms with van der Waals surface area (Å²) in [7, 11) is 0. The molecule has 2 N–H and O–H groups in total. The Morgan fingerprint density at radius 2 is 2.00 bits per heavy atom. The molecule has 1 aliphatic heterocycles. The standard InChI is InChI=1S/C17H25FN2O.ClH/c1-12(15-4-3-5-16(18)11-15)10-17(21)20-8-6-14(7-9-20)13(2)19;/h3-5,11-14H,6-10,19H2,1-2H3;1H. The van der Waals surface area contributed by atoms with E-state index in [0.29, 0.717) is 12.3 Å². The zero-order valence-electron chi connectivity index (χ0n) is 13.3. The number of carbonyl (C=O) groups is 1. The quantitative estimate of drug-likeness (QED) is 0.921. The Bertz CT molecular complexity index is 487. The third-order valence-electron chi connectivity index (χ3n) is 4.53. The van der Waals surface area contributed by atoms with Gasteiger partial charge in [0.05, 0.1) is 0 Å². The van der Waals surface area contributed by atoms with Gasteiger partial charge in [-0.2, -0.15) is 0 Å². The van der Waals surface area contributed by atoms with Crippen LogP contribution in [0.4, 0.5) is 4.39 Å². The summed E-state index contributed by atoms with van der Waals surface area (Å²) >= 11 is 0. The summed E-state index contributed by atoms with van der Waals surface area (Å²) in [5.74, 6) is 0.480. The summed E-state index contributed by atoms with van der Waals surface area (Å²) in [6, 6.07) is 6.72. The molecule has 0 saturated carbocycles. The molecule has 0 spiro atoms. The molecule has 1 aromatic rings. The molecule has 3 nitrogen and oxygen atoms in total. The number of hydrogen-bond donors (Lipinski definition) is 1. The van der Waals surface area contributed by atoms with E-state index in [2.05, 4.69) is 0 Å². The van der Waals surface area contributed by atoms with Gasteiger partial charge < -0.3 is 10.6 Å². The van der Waals surface area contributed by atoms with Gasteiger partial charge in [0.2, 0.25) is 5.91 Å². The lowest BCUT2D eigenvalue weighted by Crippen LogP contribution is -2.42. The lowest BCUT2D eigenvalue weighted by molar-refractivity contribution is -0.133. The number of amides is 1. The zero-order valence-corrected chi connectivity index (χ0v) is 14.1. The maximum Gasteiger partial charge on any atom is 0.223 e. The summed E-state index contributed by atoms with van der Waals surface area (Å²) in [4.78, 5) is 14.3. The molecule has 2 rings (SSSR count). The van der Waals surface area contributed by atoms with E-state index in [1.165, 1.54) is 12.1 Å². The van der Waals surface area contributed by atoms with Crippen molar-refractivity contribution in [2.75, 3.05) is 13.1 Å². The number of nitrogens with zero attached hydrogens (tertiary/aromatic N) is 1. The Labute approximate surface area is 138 Å². The Kier molecular flexibility index (Phi) is 7.30. The van der Waals surface area contributed by atoms with Crippen molar-refractivity contribution < 1.29 is 9.18 Å². The van der Waals surface area contributed by atoms with Gasteiger partial charge in [-0.25, -0.2) is 4.39 Å². The van der Waals surface area contributed by atoms with Gasteiger partial charge >= 0.3 is 0 Å². The van der Waals surface area contributed by atoms with Crippen LogP contribution in [0.25, 0.3) is 0 Å². The SMILES string of the molecule is CC(CC(=O)N1CCC(C(C)N)CC1)c1cccc(F)c1.Cl. The minimum absolute atomic E-state index is 0. The third kappa shape index (κ3) is 4.96. The number of hydrogen-bond acceptors (Lipinski definition) is 2. The van der Waals surface area contributed by atoms with Crippen LogP contribution in [-0.4, -0.2) is 29.9 Å². The molecule has 1 aliphatic rings. The van der Waals surface area contributed by atoms with E-state index in [1.807, 2.05) is 24.8 Å². The average molecular weight is 329 g/mol. The lowest BCUT2D eigenvalue weighted by atomic mass is 9.90. The largest absolute Gasteiger partial charge is 0.343 e. The first-order valence-corrected chi connectivity index (χ1v) is 7.76. The summed E-state index contributed by atoms with van der Waals surface area (Å²) in [5, 5.41) is 0. The van der Waals surface area contributed by atoms with Crippen molar-refractivity contribution in [2.24, 2.45) is 11.7 Å². The van der Waals surface area contributed by atoms with Crippen LogP contribution in [0, 0.1) is 11.7 Å². The fourth-order valence-corrected chi connectivity index (χ4v) is 3.00. The minimum atomic E-state index is -0.246. The highest BCUT2D eigenvalue weighted by Crippen LogP contribution is 2.24. The van der Waals surface area contributed by atoms with E-state index in [1.54, 1.807) is 6.07 Å². The second-order valence-corrected chi connectivity index (χ2v) is 6.24. The van der Waals surface area contributed by atoms with E-state index in [-0.39, 0.29) is 36.1 Å². The summed E-state index contributed by atoms with van der Waals surface area (Å²) in [6.07, 6.45) is 2.40. The molecule has 0 radical (unpaired) electrons. The van der Waals surface area contributed by atoms with E-state index >= 15 is 0 Å². The molecule has 5 heteroatoms. The van der Waals surface area contributed by atoms with Crippen molar-refractivity contribution >= 4 is 18.3 Å². The Morgan fingerprint density at radius 3 is 2.55 bits per heavy atom. The lowest BCUT2D eigenvalue weighted by Gasteiger charge is -2.34. The Hall–Kier alpha value is -1.13. The molecule has 2 atom stereocenters. The summed E-state index contributed by atoms with van der Waals surface area (Å²) in [6.45, 7) is 5.59. The van der Waals surface area contributed by atoms with Gasteiger partial charge in [-0.15, -0.1) is 12.4 Å². The van der Waals surface area contributed by atoms with Crippen molar-refractivity contribution in [1.29, 1.82) is 0 Å². The number of piperidine rings is 1. The van der Waals surface area contributed by atoms with E-state index in [9.17, 15) is 9.18 Å². The van der Waals surface area contributed by atoms with E-state index in [0.717, 1.165) is 31.5 Å². The molecular weight excluding hydrogens is 303 g/mol. The normalized spacial score (nSPS) is 18.5. The zero-order chi connectivity index (χ0) is 15.4. The first-order valence-electron chi connectivity index (χ1n) is 7.76. The fourth-order valence-electron chi connectivity index (χ4n) is 3.00. The first kappa shape index (κ1) is 18.9. The molecule has 0 bridgehead atoms. The van der Waals surface area contributed by atoms with Crippen molar-refractivity contribution in [1.82, 2.24) is 4.90 Å². The monoisotopic (exact) mass is 328 g/mol. The van der Waals surface area contributed by atoms with Crippen LogP contribution in [0.1, 0.15) is 44.6 Å². The molecular formula is C17H26ClFN2O. The van der Waals surface area contributed by atoms with Crippen molar-refractivity contribution in [3.05, 3.63) is 35.6 Å². The van der Waals surface area contributed by atoms with Gasteiger partial charge in [0.25, 0.3) is 0 Å². The van der Waals surface area contributed by atoms with E-state index < -0.39 is 0 Å². The van der Waals surface area contributed by atoms with Crippen LogP contribution in [0.15, 0.2) is 24.3 Å². The number of halogens is 2. The fraction of sp³-hybridized carbons (Fsp3) is 0.588. The topological polar surface area (TPSA) is 46.3 Å². The molecule has 1 saturated heterocycles. The predicted octanol–water partition coefficient (Wildman–Crippen LogP) is 3.33. The second-order valence-electron chi connectivity index (χ2n) is 6.24. The summed E-state index contributed by atoms with van der Waals surface area (Å²) in [5.41, 5.74) is 6.80. The van der Waals surface area contributed by atoms with Gasteiger partial charge in [-0.05, 0) is 49.3 Å². The summed E-state index contributed by atoms with van der Waals surface area (Å²) < 4.78 is 13.2. The smallest absolute Gasteiger partial charge is 0.223 e. The van der Waals surface area contributed by atoms with Gasteiger partial charge in [0, 0.05) is 25.6 Å².